The minimum Gasteiger partial charge on any atom is -0.548 e. The van der Waals surface area contributed by atoms with Gasteiger partial charge in [-0.3, -0.25) is 0 Å². The summed E-state index contributed by atoms with van der Waals surface area (Å²) in [5, 5.41) is 21.4. The van der Waals surface area contributed by atoms with E-state index in [4.69, 9.17) is 4.74 Å². The summed E-state index contributed by atoms with van der Waals surface area (Å²) in [7, 11) is 0. The molecule has 0 aliphatic carbocycles. The Labute approximate surface area is 109 Å². The molecule has 1 heterocycles. The SMILES string of the molecule is CCOc1ccc(Cc2nnnn2CC(=O)[O-])cc1. The predicted molar refractivity (Wildman–Crippen MR) is 63.2 cm³/mol. The maximum atomic E-state index is 10.5. The lowest BCUT2D eigenvalue weighted by atomic mass is 10.1. The van der Waals surface area contributed by atoms with Crippen LogP contribution in [-0.4, -0.2) is 32.8 Å². The van der Waals surface area contributed by atoms with Gasteiger partial charge in [0.1, 0.15) is 5.75 Å². The van der Waals surface area contributed by atoms with Crippen LogP contribution in [0.5, 0.6) is 5.75 Å². The number of benzene rings is 1. The van der Waals surface area contributed by atoms with Crippen LogP contribution in [0.1, 0.15) is 18.3 Å². The minimum absolute atomic E-state index is 0.348. The highest BCUT2D eigenvalue weighted by molar-refractivity contribution is 5.63. The third-order valence-electron chi connectivity index (χ3n) is 2.48. The Balaban J connectivity index is 2.08. The molecule has 7 heteroatoms. The fraction of sp³-hybridized carbons (Fsp3) is 0.333. The Morgan fingerprint density at radius 3 is 2.74 bits per heavy atom. The molecule has 19 heavy (non-hydrogen) atoms. The van der Waals surface area contributed by atoms with Crippen molar-refractivity contribution in [1.29, 1.82) is 0 Å². The number of carboxylic acid groups (broad SMARTS) is 1. The summed E-state index contributed by atoms with van der Waals surface area (Å²) < 4.78 is 6.55. The molecule has 0 saturated carbocycles. The second kappa shape index (κ2) is 5.94. The molecule has 1 aromatic carbocycles. The van der Waals surface area contributed by atoms with E-state index in [9.17, 15) is 9.90 Å². The summed E-state index contributed by atoms with van der Waals surface area (Å²) in [6.07, 6.45) is 0.451. The van der Waals surface area contributed by atoms with E-state index in [1.165, 1.54) is 4.68 Å². The van der Waals surface area contributed by atoms with Crippen molar-refractivity contribution in [2.75, 3.05) is 6.61 Å². The first-order valence-corrected chi connectivity index (χ1v) is 5.85. The summed E-state index contributed by atoms with van der Waals surface area (Å²) >= 11 is 0. The summed E-state index contributed by atoms with van der Waals surface area (Å²) in [4.78, 5) is 10.5. The fourth-order valence-corrected chi connectivity index (χ4v) is 1.65. The number of carbonyl (C=O) groups is 1. The van der Waals surface area contributed by atoms with Crippen LogP contribution in [0.15, 0.2) is 24.3 Å². The molecule has 2 aromatic rings. The van der Waals surface area contributed by atoms with Gasteiger partial charge in [0.05, 0.1) is 19.1 Å². The van der Waals surface area contributed by atoms with E-state index in [0.717, 1.165) is 11.3 Å². The Bertz CT molecular complexity index is 550. The highest BCUT2D eigenvalue weighted by Gasteiger charge is 2.07. The van der Waals surface area contributed by atoms with Gasteiger partial charge in [0.2, 0.25) is 0 Å². The van der Waals surface area contributed by atoms with E-state index in [1.54, 1.807) is 0 Å². The predicted octanol–water partition coefficient (Wildman–Crippen LogP) is -0.588. The monoisotopic (exact) mass is 261 g/mol. The van der Waals surface area contributed by atoms with Crippen LogP contribution in [-0.2, 0) is 17.8 Å². The molecule has 0 aliphatic rings. The average Bonchev–Trinajstić information content (AvgIpc) is 2.79. The Morgan fingerprint density at radius 2 is 2.11 bits per heavy atom. The van der Waals surface area contributed by atoms with Crippen LogP contribution in [0.2, 0.25) is 0 Å². The van der Waals surface area contributed by atoms with Gasteiger partial charge in [0, 0.05) is 6.42 Å². The average molecular weight is 261 g/mol. The van der Waals surface area contributed by atoms with Gasteiger partial charge in [0.25, 0.3) is 0 Å². The van der Waals surface area contributed by atoms with Crippen molar-refractivity contribution in [1.82, 2.24) is 20.2 Å². The van der Waals surface area contributed by atoms with E-state index in [0.29, 0.717) is 18.9 Å². The van der Waals surface area contributed by atoms with E-state index in [1.807, 2.05) is 31.2 Å². The molecule has 0 fully saturated rings. The van der Waals surface area contributed by atoms with Crippen LogP contribution in [0.4, 0.5) is 0 Å². The smallest absolute Gasteiger partial charge is 0.156 e. The lowest BCUT2D eigenvalue weighted by molar-refractivity contribution is -0.306. The van der Waals surface area contributed by atoms with Gasteiger partial charge in [0.15, 0.2) is 5.82 Å². The Morgan fingerprint density at radius 1 is 1.37 bits per heavy atom. The van der Waals surface area contributed by atoms with Crippen LogP contribution in [0, 0.1) is 0 Å². The number of aromatic nitrogens is 4. The molecule has 7 nitrogen and oxygen atoms in total. The maximum absolute atomic E-state index is 10.5. The van der Waals surface area contributed by atoms with Crippen LogP contribution < -0.4 is 9.84 Å². The molecule has 0 amide bonds. The molecule has 1 aromatic heterocycles. The minimum atomic E-state index is -1.22. The van der Waals surface area contributed by atoms with Gasteiger partial charge in [-0.25, -0.2) is 4.68 Å². The zero-order valence-electron chi connectivity index (χ0n) is 10.4. The van der Waals surface area contributed by atoms with E-state index < -0.39 is 5.97 Å². The normalized spacial score (nSPS) is 10.4. The van der Waals surface area contributed by atoms with Crippen molar-refractivity contribution in [3.8, 4) is 5.75 Å². The van der Waals surface area contributed by atoms with Crippen molar-refractivity contribution in [2.45, 2.75) is 19.9 Å². The zero-order valence-corrected chi connectivity index (χ0v) is 10.4. The van der Waals surface area contributed by atoms with E-state index in [-0.39, 0.29) is 6.54 Å². The standard InChI is InChI=1S/C12H14N4O3/c1-2-19-10-5-3-9(4-6-10)7-11-13-14-15-16(11)8-12(17)18/h3-6H,2,7-8H2,1H3,(H,17,18)/p-1. The van der Waals surface area contributed by atoms with Crippen molar-refractivity contribution < 1.29 is 14.6 Å². The largest absolute Gasteiger partial charge is 0.548 e. The first kappa shape index (κ1) is 13.0. The summed E-state index contributed by atoms with van der Waals surface area (Å²) in [5.74, 6) is 0.0502. The van der Waals surface area contributed by atoms with Crippen molar-refractivity contribution in [3.05, 3.63) is 35.7 Å². The lowest BCUT2D eigenvalue weighted by Crippen LogP contribution is -2.28. The van der Waals surface area contributed by atoms with Gasteiger partial charge in [-0.1, -0.05) is 12.1 Å². The summed E-state index contributed by atoms with van der Waals surface area (Å²) in [6.45, 7) is 2.19. The highest BCUT2D eigenvalue weighted by atomic mass is 16.5. The molecule has 2 rings (SSSR count). The Kier molecular flexibility index (Phi) is 4.07. The second-order valence-corrected chi connectivity index (χ2v) is 3.88. The van der Waals surface area contributed by atoms with Gasteiger partial charge >= 0.3 is 0 Å². The topological polar surface area (TPSA) is 93.0 Å². The lowest BCUT2D eigenvalue weighted by Gasteiger charge is -2.06. The van der Waals surface area contributed by atoms with Crippen molar-refractivity contribution >= 4 is 5.97 Å². The molecule has 0 atom stereocenters. The number of tetrazole rings is 1. The molecular formula is C12H13N4O3-. The molecule has 0 spiro atoms. The van der Waals surface area contributed by atoms with Gasteiger partial charge in [-0.2, -0.15) is 0 Å². The molecule has 100 valence electrons. The third kappa shape index (κ3) is 3.51. The molecule has 0 unspecified atom stereocenters. The highest BCUT2D eigenvalue weighted by Crippen LogP contribution is 2.14. The third-order valence-corrected chi connectivity index (χ3v) is 2.48. The second-order valence-electron chi connectivity index (χ2n) is 3.88. The number of aliphatic carboxylic acids is 1. The first-order chi connectivity index (χ1) is 9.19. The summed E-state index contributed by atoms with van der Waals surface area (Å²) in [5.41, 5.74) is 0.970. The van der Waals surface area contributed by atoms with Crippen molar-refractivity contribution in [3.63, 3.8) is 0 Å². The zero-order chi connectivity index (χ0) is 13.7. The number of nitrogens with zero attached hydrogens (tertiary/aromatic N) is 4. The van der Waals surface area contributed by atoms with E-state index >= 15 is 0 Å². The van der Waals surface area contributed by atoms with Crippen LogP contribution >= 0.6 is 0 Å². The molecular weight excluding hydrogens is 248 g/mol. The van der Waals surface area contributed by atoms with Gasteiger partial charge in [-0.15, -0.1) is 5.10 Å². The number of hydrogen-bond donors (Lipinski definition) is 0. The fourth-order valence-electron chi connectivity index (χ4n) is 1.65. The van der Waals surface area contributed by atoms with Crippen molar-refractivity contribution in [2.24, 2.45) is 0 Å². The van der Waals surface area contributed by atoms with Crippen LogP contribution in [0.25, 0.3) is 0 Å². The number of carbonyl (C=O) groups excluding carboxylic acids is 1. The number of rotatable bonds is 6. The summed E-state index contributed by atoms with van der Waals surface area (Å²) in [6, 6.07) is 7.49. The van der Waals surface area contributed by atoms with E-state index in [2.05, 4.69) is 15.5 Å². The first-order valence-electron chi connectivity index (χ1n) is 5.85. The molecule has 0 radical (unpaired) electrons. The Hall–Kier alpha value is -2.44. The maximum Gasteiger partial charge on any atom is 0.156 e. The number of hydrogen-bond acceptors (Lipinski definition) is 6. The molecule has 0 aliphatic heterocycles. The van der Waals surface area contributed by atoms with Crippen LogP contribution in [0.3, 0.4) is 0 Å². The number of carboxylic acids is 1. The quantitative estimate of drug-likeness (QED) is 0.690. The molecule has 0 N–H and O–H groups in total. The van der Waals surface area contributed by atoms with Gasteiger partial charge < -0.3 is 14.6 Å². The molecule has 0 saturated heterocycles. The molecule has 0 bridgehead atoms. The number of ether oxygens (including phenoxy) is 1. The van der Waals surface area contributed by atoms with Gasteiger partial charge in [-0.05, 0) is 35.0 Å².